The average Bonchev–Trinajstić information content (AvgIpc) is 3.26. The van der Waals surface area contributed by atoms with Crippen LogP contribution < -0.4 is 0 Å². The topological polar surface area (TPSA) is 0 Å². The van der Waals surface area contributed by atoms with Crippen LogP contribution in [0.1, 0.15) is 873 Å². The molecule has 0 saturated heterocycles. The van der Waals surface area contributed by atoms with Crippen molar-refractivity contribution in [1.82, 2.24) is 0 Å². The van der Waals surface area contributed by atoms with Crippen molar-refractivity contribution in [2.24, 2.45) is 0 Å². The van der Waals surface area contributed by atoms with E-state index in [1.165, 1.54) is 873 Å². The summed E-state index contributed by atoms with van der Waals surface area (Å²) >= 11 is 0. The van der Waals surface area contributed by atoms with Crippen LogP contribution in [0.25, 0.3) is 0 Å². The van der Waals surface area contributed by atoms with Crippen LogP contribution in [0.15, 0.2) is 0 Å². The molecular formula is C136H272. The molecule has 34 rings (SSSR count). The van der Waals surface area contributed by atoms with E-state index < -0.39 is 0 Å². The predicted molar refractivity (Wildman–Crippen MR) is 628 cm³/mol. The van der Waals surface area contributed by atoms with E-state index in [9.17, 15) is 0 Å². The van der Waals surface area contributed by atoms with Crippen molar-refractivity contribution in [3.8, 4) is 0 Å². The molecule has 0 heterocycles. The Kier molecular flexibility index (Phi) is 129. The van der Waals surface area contributed by atoms with Crippen LogP contribution in [0.5, 0.6) is 0 Å². The molecule has 816 valence electrons. The van der Waals surface area contributed by atoms with Crippen LogP contribution in [0.4, 0.5) is 0 Å². The zero-order valence-electron chi connectivity index (χ0n) is 96.2. The molecule has 0 radical (unpaired) electrons. The molecule has 0 heteroatoms. The van der Waals surface area contributed by atoms with Crippen LogP contribution in [0.3, 0.4) is 0 Å². The fourth-order valence-electron chi connectivity index (χ4n) is 8.50. The summed E-state index contributed by atoms with van der Waals surface area (Å²) < 4.78 is 0. The summed E-state index contributed by atoms with van der Waals surface area (Å²) in [6, 6.07) is 0. The van der Waals surface area contributed by atoms with E-state index in [2.05, 4.69) is 0 Å². The lowest BCUT2D eigenvalue weighted by molar-refractivity contribution is 0.504. The van der Waals surface area contributed by atoms with Crippen LogP contribution >= 0.6 is 0 Å². The Labute approximate surface area is 867 Å². The van der Waals surface area contributed by atoms with Crippen molar-refractivity contribution in [3.05, 3.63) is 0 Å². The van der Waals surface area contributed by atoms with E-state index in [4.69, 9.17) is 0 Å². The quantitative estimate of drug-likeness (QED) is 0.227. The number of rotatable bonds is 0. The minimum atomic E-state index is 1.50. The zero-order valence-corrected chi connectivity index (χ0v) is 96.2. The summed E-state index contributed by atoms with van der Waals surface area (Å²) in [5.74, 6) is 0. The summed E-state index contributed by atoms with van der Waals surface area (Å²) in [6.07, 6.45) is 204. The maximum atomic E-state index is 1.50. The third kappa shape index (κ3) is 128. The van der Waals surface area contributed by atoms with Crippen molar-refractivity contribution >= 4 is 0 Å². The van der Waals surface area contributed by atoms with Gasteiger partial charge in [0.05, 0.1) is 0 Å². The van der Waals surface area contributed by atoms with Gasteiger partial charge in [0.2, 0.25) is 0 Å². The van der Waals surface area contributed by atoms with Gasteiger partial charge >= 0.3 is 0 Å². The van der Waals surface area contributed by atoms with Gasteiger partial charge in [-0.1, -0.05) is 873 Å². The average molecular weight is 1910 g/mol. The van der Waals surface area contributed by atoms with Crippen molar-refractivity contribution < 1.29 is 0 Å². The highest BCUT2D eigenvalue weighted by molar-refractivity contribution is 4.64. The van der Waals surface area contributed by atoms with Crippen molar-refractivity contribution in [1.29, 1.82) is 0 Å². The molecule has 0 spiro atoms. The fraction of sp³-hybridized carbons (Fsp3) is 1.00. The normalized spacial score (nSPS) is 24.0. The van der Waals surface area contributed by atoms with Crippen molar-refractivity contribution in [3.63, 3.8) is 0 Å². The smallest absolute Gasteiger partial charge is 0.0533 e. The number of hydrogen-bond donors (Lipinski definition) is 0. The van der Waals surface area contributed by atoms with Gasteiger partial charge in [-0.15, -0.1) is 0 Å². The van der Waals surface area contributed by atoms with Gasteiger partial charge in [0, 0.05) is 0 Å². The predicted octanol–water partition coefficient (Wildman–Crippen LogP) is 53.1. The van der Waals surface area contributed by atoms with Gasteiger partial charge < -0.3 is 0 Å². The third-order valence-corrected chi connectivity index (χ3v) is 34.0. The summed E-state index contributed by atoms with van der Waals surface area (Å²) in [4.78, 5) is 0. The first-order valence-electron chi connectivity index (χ1n) is 68.0. The number of hydrogen-bond acceptors (Lipinski definition) is 0. The molecular weight excluding hydrogens is 1630 g/mol. The molecule has 0 atom stereocenters. The summed E-state index contributed by atoms with van der Waals surface area (Å²) in [5, 5.41) is 0. The van der Waals surface area contributed by atoms with Crippen molar-refractivity contribution in [2.75, 3.05) is 0 Å². The Bertz CT molecular complexity index is 964. The fourth-order valence-corrected chi connectivity index (χ4v) is 8.50. The van der Waals surface area contributed by atoms with Gasteiger partial charge in [-0.2, -0.15) is 0 Å². The molecule has 0 nitrogen and oxygen atoms in total. The molecule has 0 unspecified atom stereocenters. The summed E-state index contributed by atoms with van der Waals surface area (Å²) in [5.41, 5.74) is 0. The Morgan fingerprint density at radius 3 is 0.0221 bits per heavy atom. The second kappa shape index (κ2) is 131. The molecule has 0 N–H and O–H groups in total. The Hall–Kier alpha value is 0. The highest BCUT2D eigenvalue weighted by atomic mass is 14.1. The summed E-state index contributed by atoms with van der Waals surface area (Å²) in [6.45, 7) is 0. The molecule has 0 aromatic carbocycles. The minimum Gasteiger partial charge on any atom is -0.0533 e. The Morgan fingerprint density at radius 1 is 0.0147 bits per heavy atom. The summed E-state index contributed by atoms with van der Waals surface area (Å²) in [7, 11) is 0. The molecule has 34 saturated carbocycles. The van der Waals surface area contributed by atoms with E-state index in [-0.39, 0.29) is 0 Å². The third-order valence-electron chi connectivity index (χ3n) is 34.0. The van der Waals surface area contributed by atoms with E-state index in [0.717, 1.165) is 0 Å². The Morgan fingerprint density at radius 2 is 0.0221 bits per heavy atom. The maximum absolute atomic E-state index is 1.50. The maximum Gasteiger partial charge on any atom is -0.0533 e. The minimum absolute atomic E-state index is 1.50. The standard InChI is InChI=1S/34C4H8/c34*1-2-4-3-1/h34*1-4H2. The lowest BCUT2D eigenvalue weighted by Crippen LogP contribution is -1.85. The second-order valence-electron chi connectivity index (χ2n) is 48.1. The van der Waals surface area contributed by atoms with Gasteiger partial charge in [-0.3, -0.25) is 0 Å². The van der Waals surface area contributed by atoms with E-state index in [1.807, 2.05) is 0 Å². The second-order valence-corrected chi connectivity index (χ2v) is 48.1. The van der Waals surface area contributed by atoms with Gasteiger partial charge in [-0.05, 0) is 0 Å². The van der Waals surface area contributed by atoms with Crippen LogP contribution in [0.2, 0.25) is 0 Å². The zero-order chi connectivity index (χ0) is 96.2. The first-order chi connectivity index (χ1) is 68.0. The monoisotopic (exact) mass is 1910 g/mol. The largest absolute Gasteiger partial charge is 0.0533 e. The SMILES string of the molecule is C1CCC1.C1CCC1.C1CCC1.C1CCC1.C1CCC1.C1CCC1.C1CCC1.C1CCC1.C1CCC1.C1CCC1.C1CCC1.C1CCC1.C1CCC1.C1CCC1.C1CCC1.C1CCC1.C1CCC1.C1CCC1.C1CCC1.C1CCC1.C1CCC1.C1CCC1.C1CCC1.C1CCC1.C1CCC1.C1CCC1.C1CCC1.C1CCC1.C1CCC1.C1CCC1.C1CCC1.C1CCC1.C1CCC1.C1CCC1. The van der Waals surface area contributed by atoms with E-state index in [0.29, 0.717) is 0 Å². The lowest BCUT2D eigenvalue weighted by atomic mass is 10.0. The van der Waals surface area contributed by atoms with E-state index in [1.54, 1.807) is 0 Å². The Balaban J connectivity index is 0.000000701. The van der Waals surface area contributed by atoms with Gasteiger partial charge in [-0.25, -0.2) is 0 Å². The molecule has 0 bridgehead atoms. The molecule has 34 fully saturated rings. The molecule has 136 heavy (non-hydrogen) atoms. The molecule has 0 aromatic rings. The highest BCUT2D eigenvalue weighted by Crippen LogP contribution is 2.28. The first-order valence-corrected chi connectivity index (χ1v) is 68.0. The molecule has 0 aliphatic heterocycles. The van der Waals surface area contributed by atoms with Gasteiger partial charge in [0.15, 0.2) is 0 Å². The van der Waals surface area contributed by atoms with Gasteiger partial charge in [0.25, 0.3) is 0 Å². The van der Waals surface area contributed by atoms with E-state index >= 15 is 0 Å². The van der Waals surface area contributed by atoms with Crippen LogP contribution in [-0.2, 0) is 0 Å². The first kappa shape index (κ1) is 134. The molecule has 0 aromatic heterocycles. The highest BCUT2D eigenvalue weighted by Gasteiger charge is 2.08. The van der Waals surface area contributed by atoms with Crippen LogP contribution in [0, 0.1) is 0 Å². The molecule has 34 aliphatic rings. The van der Waals surface area contributed by atoms with Crippen LogP contribution in [-0.4, -0.2) is 0 Å². The lowest BCUT2D eigenvalue weighted by Gasteiger charge is -2.05. The molecule has 0 amide bonds. The van der Waals surface area contributed by atoms with Gasteiger partial charge in [0.1, 0.15) is 0 Å². The molecule has 34 aliphatic carbocycles. The van der Waals surface area contributed by atoms with Crippen molar-refractivity contribution in [2.45, 2.75) is 873 Å².